The minimum Gasteiger partial charge on any atom is -0.493 e. The molecule has 0 amide bonds. The van der Waals surface area contributed by atoms with Crippen LogP contribution in [0.3, 0.4) is 0 Å². The molecule has 156 valence electrons. The van der Waals surface area contributed by atoms with E-state index in [9.17, 15) is 0 Å². The van der Waals surface area contributed by atoms with E-state index < -0.39 is 0 Å². The Morgan fingerprint density at radius 2 is 1.26 bits per heavy atom. The summed E-state index contributed by atoms with van der Waals surface area (Å²) >= 11 is 0. The first kappa shape index (κ1) is 23.8. The van der Waals surface area contributed by atoms with Gasteiger partial charge < -0.3 is 20.1 Å². The van der Waals surface area contributed by atoms with Crippen LogP contribution in [0.2, 0.25) is 0 Å². The van der Waals surface area contributed by atoms with Gasteiger partial charge >= 0.3 is 0 Å². The Balaban J connectivity index is 1.89. The Morgan fingerprint density at radius 1 is 0.667 bits per heavy atom. The first-order valence-electron chi connectivity index (χ1n) is 10.9. The van der Waals surface area contributed by atoms with Crippen LogP contribution < -0.4 is 20.1 Å². The first-order valence-corrected chi connectivity index (χ1v) is 10.9. The molecule has 4 heteroatoms. The molecule has 0 radical (unpaired) electrons. The van der Waals surface area contributed by atoms with E-state index >= 15 is 0 Å². The lowest BCUT2D eigenvalue weighted by molar-refractivity contribution is 0.354. The molecule has 27 heavy (non-hydrogen) atoms. The van der Waals surface area contributed by atoms with Gasteiger partial charge in [0.2, 0.25) is 0 Å². The van der Waals surface area contributed by atoms with E-state index in [0.29, 0.717) is 0 Å². The molecule has 0 heterocycles. The van der Waals surface area contributed by atoms with Gasteiger partial charge in [-0.3, -0.25) is 0 Å². The van der Waals surface area contributed by atoms with E-state index in [2.05, 4.69) is 29.7 Å². The highest BCUT2D eigenvalue weighted by atomic mass is 16.5. The topological polar surface area (TPSA) is 42.5 Å². The number of unbranched alkanes of at least 4 members (excludes halogenated alkanes) is 8. The fourth-order valence-corrected chi connectivity index (χ4v) is 3.26. The number of methoxy groups -OCH3 is 2. The van der Waals surface area contributed by atoms with Crippen molar-refractivity contribution in [1.29, 1.82) is 0 Å². The van der Waals surface area contributed by atoms with Crippen molar-refractivity contribution in [2.75, 3.05) is 40.4 Å². The van der Waals surface area contributed by atoms with E-state index in [-0.39, 0.29) is 0 Å². The molecule has 4 nitrogen and oxygen atoms in total. The third kappa shape index (κ3) is 11.9. The summed E-state index contributed by atoms with van der Waals surface area (Å²) in [6.45, 7) is 6.47. The maximum absolute atomic E-state index is 5.35. The molecule has 0 atom stereocenters. The Labute approximate surface area is 167 Å². The lowest BCUT2D eigenvalue weighted by Crippen LogP contribution is -2.29. The second-order valence-corrected chi connectivity index (χ2v) is 7.27. The summed E-state index contributed by atoms with van der Waals surface area (Å²) in [5.41, 5.74) is 1.27. The number of rotatable bonds is 18. The first-order chi connectivity index (χ1) is 13.3. The lowest BCUT2D eigenvalue weighted by Gasteiger charge is -2.10. The van der Waals surface area contributed by atoms with Gasteiger partial charge in [-0.1, -0.05) is 64.4 Å². The summed E-state index contributed by atoms with van der Waals surface area (Å²) in [6, 6.07) is 6.13. The van der Waals surface area contributed by atoms with Crippen LogP contribution in [0.15, 0.2) is 18.2 Å². The SMILES string of the molecule is CCCCCCCCCCCNCCNCCc1ccc(OC)c(OC)c1. The van der Waals surface area contributed by atoms with Crippen LogP contribution in [0.4, 0.5) is 0 Å². The minimum absolute atomic E-state index is 0.787. The highest BCUT2D eigenvalue weighted by molar-refractivity contribution is 5.42. The van der Waals surface area contributed by atoms with Crippen LogP contribution in [0, 0.1) is 0 Å². The molecule has 0 unspecified atom stereocenters. The van der Waals surface area contributed by atoms with Crippen LogP contribution in [0.5, 0.6) is 11.5 Å². The van der Waals surface area contributed by atoms with Crippen molar-refractivity contribution in [3.63, 3.8) is 0 Å². The average molecular weight is 379 g/mol. The van der Waals surface area contributed by atoms with Gasteiger partial charge in [0, 0.05) is 13.1 Å². The van der Waals surface area contributed by atoms with Gasteiger partial charge in [0.05, 0.1) is 14.2 Å². The standard InChI is InChI=1S/C23H42N2O2/c1-4-5-6-7-8-9-10-11-12-16-24-18-19-25-17-15-21-13-14-22(26-2)23(20-21)27-3/h13-14,20,24-25H,4-12,15-19H2,1-3H3. The van der Waals surface area contributed by atoms with Crippen LogP contribution >= 0.6 is 0 Å². The van der Waals surface area contributed by atoms with Crippen molar-refractivity contribution in [2.24, 2.45) is 0 Å². The molecular weight excluding hydrogens is 336 g/mol. The maximum Gasteiger partial charge on any atom is 0.160 e. The van der Waals surface area contributed by atoms with Gasteiger partial charge in [-0.15, -0.1) is 0 Å². The van der Waals surface area contributed by atoms with Crippen molar-refractivity contribution in [1.82, 2.24) is 10.6 Å². The van der Waals surface area contributed by atoms with Crippen LogP contribution in [-0.4, -0.2) is 40.4 Å². The van der Waals surface area contributed by atoms with Crippen molar-refractivity contribution >= 4 is 0 Å². The van der Waals surface area contributed by atoms with E-state index in [1.807, 2.05) is 6.07 Å². The summed E-state index contributed by atoms with van der Waals surface area (Å²) in [4.78, 5) is 0. The van der Waals surface area contributed by atoms with Gasteiger partial charge in [-0.05, 0) is 43.6 Å². The predicted octanol–water partition coefficient (Wildman–Crippen LogP) is 4.96. The smallest absolute Gasteiger partial charge is 0.160 e. The molecule has 1 aromatic rings. The zero-order valence-corrected chi connectivity index (χ0v) is 17.9. The van der Waals surface area contributed by atoms with Gasteiger partial charge in [-0.2, -0.15) is 0 Å². The Hall–Kier alpha value is -1.26. The second kappa shape index (κ2) is 16.9. The molecule has 0 aliphatic rings. The summed E-state index contributed by atoms with van der Waals surface area (Å²) in [6.07, 6.45) is 13.5. The fourth-order valence-electron chi connectivity index (χ4n) is 3.26. The fraction of sp³-hybridized carbons (Fsp3) is 0.739. The Bertz CT molecular complexity index is 466. The van der Waals surface area contributed by atoms with Gasteiger partial charge in [-0.25, -0.2) is 0 Å². The Morgan fingerprint density at radius 3 is 1.89 bits per heavy atom. The molecule has 0 fully saturated rings. The molecule has 0 aliphatic carbocycles. The van der Waals surface area contributed by atoms with Crippen molar-refractivity contribution in [3.05, 3.63) is 23.8 Å². The molecule has 1 aromatic carbocycles. The third-order valence-corrected chi connectivity index (χ3v) is 4.97. The van der Waals surface area contributed by atoms with Gasteiger partial charge in [0.1, 0.15) is 0 Å². The minimum atomic E-state index is 0.787. The van der Waals surface area contributed by atoms with Crippen molar-refractivity contribution in [3.8, 4) is 11.5 Å². The molecule has 0 aliphatic heterocycles. The van der Waals surface area contributed by atoms with Gasteiger partial charge in [0.15, 0.2) is 11.5 Å². The quantitative estimate of drug-likeness (QED) is 0.354. The zero-order chi connectivity index (χ0) is 19.6. The largest absolute Gasteiger partial charge is 0.493 e. The van der Waals surface area contributed by atoms with E-state index in [1.165, 1.54) is 63.4 Å². The van der Waals surface area contributed by atoms with E-state index in [0.717, 1.165) is 44.1 Å². The Kier molecular flexibility index (Phi) is 14.9. The van der Waals surface area contributed by atoms with Crippen LogP contribution in [0.25, 0.3) is 0 Å². The van der Waals surface area contributed by atoms with E-state index in [4.69, 9.17) is 9.47 Å². The maximum atomic E-state index is 5.35. The summed E-state index contributed by atoms with van der Waals surface area (Å²) in [5.74, 6) is 1.59. The second-order valence-electron chi connectivity index (χ2n) is 7.27. The number of ether oxygens (including phenoxy) is 2. The summed E-state index contributed by atoms with van der Waals surface area (Å²) in [5, 5.41) is 7.04. The number of nitrogens with one attached hydrogen (secondary N) is 2. The third-order valence-electron chi connectivity index (χ3n) is 4.97. The molecular formula is C23H42N2O2. The highest BCUT2D eigenvalue weighted by Gasteiger charge is 2.04. The van der Waals surface area contributed by atoms with Crippen molar-refractivity contribution in [2.45, 2.75) is 71.1 Å². The van der Waals surface area contributed by atoms with Gasteiger partial charge in [0.25, 0.3) is 0 Å². The molecule has 0 saturated heterocycles. The number of hydrogen-bond donors (Lipinski definition) is 2. The normalized spacial score (nSPS) is 10.9. The highest BCUT2D eigenvalue weighted by Crippen LogP contribution is 2.27. The summed E-state index contributed by atoms with van der Waals surface area (Å²) in [7, 11) is 3.35. The van der Waals surface area contributed by atoms with E-state index in [1.54, 1.807) is 14.2 Å². The monoisotopic (exact) mass is 378 g/mol. The molecule has 0 spiro atoms. The zero-order valence-electron chi connectivity index (χ0n) is 17.9. The van der Waals surface area contributed by atoms with Crippen LogP contribution in [0.1, 0.15) is 70.3 Å². The average Bonchev–Trinajstić information content (AvgIpc) is 2.70. The molecule has 1 rings (SSSR count). The van der Waals surface area contributed by atoms with Crippen molar-refractivity contribution < 1.29 is 9.47 Å². The number of hydrogen-bond acceptors (Lipinski definition) is 4. The number of benzene rings is 1. The summed E-state index contributed by atoms with van der Waals surface area (Å²) < 4.78 is 10.6. The van der Waals surface area contributed by atoms with Crippen LogP contribution in [-0.2, 0) is 6.42 Å². The predicted molar refractivity (Wildman–Crippen MR) is 116 cm³/mol. The molecule has 2 N–H and O–H groups in total. The molecule has 0 bridgehead atoms. The molecule has 0 aromatic heterocycles. The lowest BCUT2D eigenvalue weighted by atomic mass is 10.1. The molecule has 0 saturated carbocycles.